The van der Waals surface area contributed by atoms with Gasteiger partial charge in [-0.1, -0.05) is 25.1 Å². The van der Waals surface area contributed by atoms with Crippen molar-refractivity contribution in [1.29, 1.82) is 0 Å². The second kappa shape index (κ2) is 5.51. The van der Waals surface area contributed by atoms with E-state index >= 15 is 0 Å². The molecule has 7 nitrogen and oxygen atoms in total. The van der Waals surface area contributed by atoms with Gasteiger partial charge in [0.25, 0.3) is 0 Å². The van der Waals surface area contributed by atoms with E-state index in [-0.39, 0.29) is 18.6 Å². The average Bonchev–Trinajstić information content (AvgIpc) is 3.10. The van der Waals surface area contributed by atoms with E-state index < -0.39 is 5.97 Å². The Morgan fingerprint density at radius 3 is 3.05 bits per heavy atom. The molecule has 0 amide bonds. The van der Waals surface area contributed by atoms with Gasteiger partial charge in [0.1, 0.15) is 5.75 Å². The fraction of sp³-hybridized carbons (Fsp3) is 0.429. The molecule has 1 N–H and O–H groups in total. The Hall–Kier alpha value is -2.44. The fourth-order valence-corrected chi connectivity index (χ4v) is 2.60. The first-order valence-electron chi connectivity index (χ1n) is 6.93. The van der Waals surface area contributed by atoms with Crippen molar-refractivity contribution in [2.45, 2.75) is 38.3 Å². The quantitative estimate of drug-likeness (QED) is 0.901. The minimum Gasteiger partial charge on any atom is -0.482 e. The Bertz CT molecular complexity index is 630. The van der Waals surface area contributed by atoms with Crippen LogP contribution in [0.2, 0.25) is 0 Å². The summed E-state index contributed by atoms with van der Waals surface area (Å²) in [5.41, 5.74) is 1.11. The van der Waals surface area contributed by atoms with Crippen molar-refractivity contribution in [3.05, 3.63) is 35.7 Å². The number of para-hydroxylation sites is 1. The van der Waals surface area contributed by atoms with E-state index in [2.05, 4.69) is 15.5 Å². The molecule has 0 spiro atoms. The van der Waals surface area contributed by atoms with Crippen molar-refractivity contribution in [1.82, 2.24) is 20.2 Å². The van der Waals surface area contributed by atoms with E-state index in [1.54, 1.807) is 4.68 Å². The summed E-state index contributed by atoms with van der Waals surface area (Å²) in [7, 11) is 0. The van der Waals surface area contributed by atoms with Crippen LogP contribution < -0.4 is 4.74 Å². The monoisotopic (exact) mass is 288 g/mol. The van der Waals surface area contributed by atoms with Crippen molar-refractivity contribution in [2.24, 2.45) is 0 Å². The zero-order valence-corrected chi connectivity index (χ0v) is 11.6. The first-order chi connectivity index (χ1) is 10.2. The molecule has 1 aliphatic rings. The number of aromatic nitrogens is 4. The SMILES string of the molecule is CCC(CC(=O)O)n1nnnc1C1Cc2ccccc2O1. The minimum absolute atomic E-state index is 0.00575. The van der Waals surface area contributed by atoms with Gasteiger partial charge >= 0.3 is 5.97 Å². The third-order valence-corrected chi connectivity index (χ3v) is 3.68. The molecule has 1 aromatic heterocycles. The van der Waals surface area contributed by atoms with Gasteiger partial charge in [0.15, 0.2) is 11.9 Å². The van der Waals surface area contributed by atoms with E-state index in [1.165, 1.54) is 0 Å². The number of tetrazole rings is 1. The predicted octanol–water partition coefficient (Wildman–Crippen LogP) is 1.78. The molecule has 21 heavy (non-hydrogen) atoms. The molecule has 0 fully saturated rings. The van der Waals surface area contributed by atoms with E-state index in [4.69, 9.17) is 9.84 Å². The van der Waals surface area contributed by atoms with Gasteiger partial charge in [-0.25, -0.2) is 4.68 Å². The highest BCUT2D eigenvalue weighted by Crippen LogP contribution is 2.36. The second-order valence-electron chi connectivity index (χ2n) is 5.06. The molecule has 0 saturated carbocycles. The summed E-state index contributed by atoms with van der Waals surface area (Å²) in [4.78, 5) is 11.0. The van der Waals surface area contributed by atoms with Crippen LogP contribution >= 0.6 is 0 Å². The number of benzene rings is 1. The molecule has 0 radical (unpaired) electrons. The molecule has 0 saturated heterocycles. The number of carboxylic acids is 1. The van der Waals surface area contributed by atoms with E-state index in [0.29, 0.717) is 18.7 Å². The third-order valence-electron chi connectivity index (χ3n) is 3.68. The summed E-state index contributed by atoms with van der Waals surface area (Å²) < 4.78 is 7.47. The molecular weight excluding hydrogens is 272 g/mol. The van der Waals surface area contributed by atoms with Crippen LogP contribution in [0.4, 0.5) is 0 Å². The normalized spacial score (nSPS) is 18.0. The second-order valence-corrected chi connectivity index (χ2v) is 5.06. The van der Waals surface area contributed by atoms with E-state index in [9.17, 15) is 4.79 Å². The smallest absolute Gasteiger partial charge is 0.305 e. The van der Waals surface area contributed by atoms with Crippen LogP contribution in [-0.4, -0.2) is 31.3 Å². The van der Waals surface area contributed by atoms with Gasteiger partial charge in [0.05, 0.1) is 12.5 Å². The minimum atomic E-state index is -0.862. The lowest BCUT2D eigenvalue weighted by Gasteiger charge is -2.17. The molecule has 2 heterocycles. The summed E-state index contributed by atoms with van der Waals surface area (Å²) in [6, 6.07) is 7.55. The number of ether oxygens (including phenoxy) is 1. The van der Waals surface area contributed by atoms with Crippen molar-refractivity contribution in [3.8, 4) is 5.75 Å². The van der Waals surface area contributed by atoms with Crippen molar-refractivity contribution < 1.29 is 14.6 Å². The molecule has 3 rings (SSSR count). The molecule has 1 aromatic carbocycles. The number of fused-ring (bicyclic) bond motifs is 1. The fourth-order valence-electron chi connectivity index (χ4n) is 2.60. The van der Waals surface area contributed by atoms with Gasteiger partial charge in [-0.3, -0.25) is 4.79 Å². The van der Waals surface area contributed by atoms with Crippen LogP contribution in [0.3, 0.4) is 0 Å². The summed E-state index contributed by atoms with van der Waals surface area (Å²) in [5.74, 6) is 0.557. The standard InChI is InChI=1S/C14H16N4O3/c1-2-10(8-13(19)20)18-14(15-16-17-18)12-7-9-5-3-4-6-11(9)21-12/h3-6,10,12H,2,7-8H2,1H3,(H,19,20). The first-order valence-corrected chi connectivity index (χ1v) is 6.93. The number of nitrogens with zero attached hydrogens (tertiary/aromatic N) is 4. The summed E-state index contributed by atoms with van der Waals surface area (Å²) in [6.45, 7) is 1.92. The molecule has 0 aliphatic carbocycles. The molecule has 110 valence electrons. The first kappa shape index (κ1) is 13.5. The van der Waals surface area contributed by atoms with Gasteiger partial charge in [-0.05, 0) is 28.5 Å². The molecule has 2 unspecified atom stereocenters. The lowest BCUT2D eigenvalue weighted by molar-refractivity contribution is -0.138. The van der Waals surface area contributed by atoms with Crippen LogP contribution in [0.1, 0.15) is 43.3 Å². The van der Waals surface area contributed by atoms with E-state index in [1.807, 2.05) is 31.2 Å². The Labute approximate surface area is 121 Å². The number of carbonyl (C=O) groups is 1. The maximum Gasteiger partial charge on any atom is 0.305 e. The lowest BCUT2D eigenvalue weighted by Crippen LogP contribution is -2.20. The van der Waals surface area contributed by atoms with Crippen LogP contribution in [0.5, 0.6) is 5.75 Å². The molecule has 2 atom stereocenters. The van der Waals surface area contributed by atoms with Crippen molar-refractivity contribution in [2.75, 3.05) is 0 Å². The molecule has 2 aromatic rings. The van der Waals surface area contributed by atoms with Gasteiger partial charge in [0.2, 0.25) is 0 Å². The number of hydrogen-bond donors (Lipinski definition) is 1. The number of rotatable bonds is 5. The number of aliphatic carboxylic acids is 1. The zero-order valence-electron chi connectivity index (χ0n) is 11.6. The predicted molar refractivity (Wildman–Crippen MR) is 72.9 cm³/mol. The summed E-state index contributed by atoms with van der Waals surface area (Å²) >= 11 is 0. The Balaban J connectivity index is 1.85. The van der Waals surface area contributed by atoms with Crippen LogP contribution in [0, 0.1) is 0 Å². The maximum atomic E-state index is 11.0. The number of carboxylic acid groups (broad SMARTS) is 1. The highest BCUT2D eigenvalue weighted by atomic mass is 16.5. The Morgan fingerprint density at radius 1 is 1.52 bits per heavy atom. The molecule has 1 aliphatic heterocycles. The van der Waals surface area contributed by atoms with E-state index in [0.717, 1.165) is 11.3 Å². The molecule has 7 heteroatoms. The molecular formula is C14H16N4O3. The molecule has 0 bridgehead atoms. The van der Waals surface area contributed by atoms with Crippen LogP contribution in [0.15, 0.2) is 24.3 Å². The topological polar surface area (TPSA) is 90.1 Å². The number of hydrogen-bond acceptors (Lipinski definition) is 5. The Morgan fingerprint density at radius 2 is 2.33 bits per heavy atom. The lowest BCUT2D eigenvalue weighted by atomic mass is 10.1. The van der Waals surface area contributed by atoms with Gasteiger partial charge in [0, 0.05) is 6.42 Å². The largest absolute Gasteiger partial charge is 0.482 e. The summed E-state index contributed by atoms with van der Waals surface area (Å²) in [5, 5.41) is 20.7. The highest BCUT2D eigenvalue weighted by Gasteiger charge is 2.31. The Kier molecular flexibility index (Phi) is 3.55. The maximum absolute atomic E-state index is 11.0. The van der Waals surface area contributed by atoms with Gasteiger partial charge in [-0.15, -0.1) is 5.10 Å². The van der Waals surface area contributed by atoms with Crippen LogP contribution in [0.25, 0.3) is 0 Å². The van der Waals surface area contributed by atoms with Crippen molar-refractivity contribution in [3.63, 3.8) is 0 Å². The zero-order chi connectivity index (χ0) is 14.8. The van der Waals surface area contributed by atoms with Gasteiger partial charge < -0.3 is 9.84 Å². The average molecular weight is 288 g/mol. The highest BCUT2D eigenvalue weighted by molar-refractivity contribution is 5.67. The van der Waals surface area contributed by atoms with Crippen LogP contribution in [-0.2, 0) is 11.2 Å². The third kappa shape index (κ3) is 2.58. The summed E-state index contributed by atoms with van der Waals surface area (Å²) in [6.07, 6.45) is 1.07. The van der Waals surface area contributed by atoms with Gasteiger partial charge in [-0.2, -0.15) is 0 Å². The van der Waals surface area contributed by atoms with Crippen molar-refractivity contribution >= 4 is 5.97 Å².